The summed E-state index contributed by atoms with van der Waals surface area (Å²) < 4.78 is 17.3. The van der Waals surface area contributed by atoms with Gasteiger partial charge in [-0.25, -0.2) is 4.79 Å². The van der Waals surface area contributed by atoms with Gasteiger partial charge in [-0.05, 0) is 51.8 Å². The molecular weight excluding hydrogens is 376 g/mol. The first-order valence-electron chi connectivity index (χ1n) is 7.19. The van der Waals surface area contributed by atoms with Gasteiger partial charge < -0.3 is 19.3 Å². The predicted octanol–water partition coefficient (Wildman–Crippen LogP) is 4.01. The van der Waals surface area contributed by atoms with E-state index in [4.69, 9.17) is 19.3 Å². The maximum absolute atomic E-state index is 10.6. The number of hydrogen-bond donors (Lipinski definition) is 1. The van der Waals surface area contributed by atoms with Crippen LogP contribution in [0.1, 0.15) is 5.56 Å². The van der Waals surface area contributed by atoms with E-state index in [9.17, 15) is 4.79 Å². The fraction of sp³-hybridized carbons (Fsp3) is 0.167. The van der Waals surface area contributed by atoms with Crippen LogP contribution in [0.3, 0.4) is 0 Å². The van der Waals surface area contributed by atoms with Crippen molar-refractivity contribution in [3.05, 3.63) is 58.6 Å². The molecule has 0 radical (unpaired) electrons. The summed E-state index contributed by atoms with van der Waals surface area (Å²) in [6.07, 6.45) is 2.55. The Kier molecular flexibility index (Phi) is 6.69. The van der Waals surface area contributed by atoms with E-state index >= 15 is 0 Å². The zero-order valence-corrected chi connectivity index (χ0v) is 14.7. The van der Waals surface area contributed by atoms with Gasteiger partial charge >= 0.3 is 5.97 Å². The highest BCUT2D eigenvalue weighted by Crippen LogP contribution is 2.37. The van der Waals surface area contributed by atoms with Crippen LogP contribution >= 0.6 is 15.9 Å². The van der Waals surface area contributed by atoms with Gasteiger partial charge in [0.1, 0.15) is 19.0 Å². The number of halogens is 1. The van der Waals surface area contributed by atoms with E-state index < -0.39 is 5.97 Å². The Labute approximate surface area is 148 Å². The van der Waals surface area contributed by atoms with Gasteiger partial charge in [0.2, 0.25) is 0 Å². The lowest BCUT2D eigenvalue weighted by atomic mass is 10.2. The monoisotopic (exact) mass is 392 g/mol. The summed E-state index contributed by atoms with van der Waals surface area (Å²) in [5.74, 6) is 0.820. The maximum atomic E-state index is 10.6. The molecule has 1 N–H and O–H groups in total. The van der Waals surface area contributed by atoms with E-state index in [1.807, 2.05) is 30.3 Å². The van der Waals surface area contributed by atoms with Gasteiger partial charge in [0.15, 0.2) is 11.5 Å². The summed E-state index contributed by atoms with van der Waals surface area (Å²) in [5.41, 5.74) is 0.689. The molecule has 0 saturated heterocycles. The summed E-state index contributed by atoms with van der Waals surface area (Å²) in [6, 6.07) is 12.9. The average molecular weight is 393 g/mol. The molecule has 126 valence electrons. The van der Waals surface area contributed by atoms with Crippen molar-refractivity contribution >= 4 is 28.0 Å². The molecule has 24 heavy (non-hydrogen) atoms. The average Bonchev–Trinajstić information content (AvgIpc) is 2.58. The standard InChI is InChI=1S/C18H17BrO5/c1-22-16-12-13(7-8-17(20)21)11-15(19)18(16)24-10-9-23-14-5-3-2-4-6-14/h2-8,11-12H,9-10H2,1H3,(H,20,21). The summed E-state index contributed by atoms with van der Waals surface area (Å²) in [5, 5.41) is 8.69. The second kappa shape index (κ2) is 8.98. The molecule has 6 heteroatoms. The Hall–Kier alpha value is -2.47. The van der Waals surface area contributed by atoms with Crippen LogP contribution in [0, 0.1) is 0 Å². The molecule has 0 amide bonds. The fourth-order valence-corrected chi connectivity index (χ4v) is 2.54. The SMILES string of the molecule is COc1cc(C=CC(=O)O)cc(Br)c1OCCOc1ccccc1. The number of carboxylic acids is 1. The third kappa shape index (κ3) is 5.31. The molecule has 0 heterocycles. The number of ether oxygens (including phenoxy) is 3. The molecule has 0 saturated carbocycles. The van der Waals surface area contributed by atoms with Crippen LogP contribution in [0.5, 0.6) is 17.2 Å². The minimum absolute atomic E-state index is 0.341. The van der Waals surface area contributed by atoms with E-state index in [2.05, 4.69) is 15.9 Å². The van der Waals surface area contributed by atoms with Gasteiger partial charge in [-0.1, -0.05) is 18.2 Å². The van der Waals surface area contributed by atoms with Crippen molar-refractivity contribution in [3.63, 3.8) is 0 Å². The number of methoxy groups -OCH3 is 1. The quantitative estimate of drug-likeness (QED) is 0.542. The molecule has 0 aliphatic heterocycles. The lowest BCUT2D eigenvalue weighted by Crippen LogP contribution is -2.10. The van der Waals surface area contributed by atoms with Crippen LogP contribution in [-0.2, 0) is 4.79 Å². The number of carboxylic acid groups (broad SMARTS) is 1. The molecule has 0 atom stereocenters. The molecule has 0 fully saturated rings. The Morgan fingerprint density at radius 1 is 1.17 bits per heavy atom. The normalized spacial score (nSPS) is 10.6. The molecule has 2 aromatic carbocycles. The van der Waals surface area contributed by atoms with Crippen LogP contribution in [0.25, 0.3) is 6.08 Å². The molecule has 0 bridgehead atoms. The molecule has 0 unspecified atom stereocenters. The Bertz CT molecular complexity index is 713. The van der Waals surface area contributed by atoms with E-state index in [0.717, 1.165) is 11.8 Å². The maximum Gasteiger partial charge on any atom is 0.328 e. The van der Waals surface area contributed by atoms with Gasteiger partial charge in [0.25, 0.3) is 0 Å². The summed E-state index contributed by atoms with van der Waals surface area (Å²) in [4.78, 5) is 10.6. The van der Waals surface area contributed by atoms with Gasteiger partial charge in [0.05, 0.1) is 11.6 Å². The smallest absolute Gasteiger partial charge is 0.328 e. The van der Waals surface area contributed by atoms with Crippen LogP contribution < -0.4 is 14.2 Å². The molecule has 0 spiro atoms. The van der Waals surface area contributed by atoms with Gasteiger partial charge in [-0.3, -0.25) is 0 Å². The van der Waals surface area contributed by atoms with Crippen molar-refractivity contribution in [3.8, 4) is 17.2 Å². The van der Waals surface area contributed by atoms with E-state index in [-0.39, 0.29) is 0 Å². The van der Waals surface area contributed by atoms with Crippen LogP contribution in [0.2, 0.25) is 0 Å². The third-order valence-electron chi connectivity index (χ3n) is 3.01. The summed E-state index contributed by atoms with van der Waals surface area (Å²) >= 11 is 3.42. The van der Waals surface area contributed by atoms with Crippen molar-refractivity contribution in [2.75, 3.05) is 20.3 Å². The van der Waals surface area contributed by atoms with Crippen molar-refractivity contribution in [1.29, 1.82) is 0 Å². The van der Waals surface area contributed by atoms with Crippen LogP contribution in [0.4, 0.5) is 0 Å². The van der Waals surface area contributed by atoms with E-state index in [0.29, 0.717) is 34.7 Å². The molecule has 0 aromatic heterocycles. The van der Waals surface area contributed by atoms with Gasteiger partial charge in [-0.15, -0.1) is 0 Å². The van der Waals surface area contributed by atoms with Crippen molar-refractivity contribution in [2.24, 2.45) is 0 Å². The van der Waals surface area contributed by atoms with Gasteiger partial charge in [-0.2, -0.15) is 0 Å². The van der Waals surface area contributed by atoms with Crippen molar-refractivity contribution in [2.45, 2.75) is 0 Å². The predicted molar refractivity (Wildman–Crippen MR) is 94.8 cm³/mol. The minimum atomic E-state index is -1.01. The number of carbonyl (C=O) groups is 1. The minimum Gasteiger partial charge on any atom is -0.493 e. The lowest BCUT2D eigenvalue weighted by Gasteiger charge is -2.14. The number of hydrogen-bond acceptors (Lipinski definition) is 4. The molecule has 2 aromatic rings. The first-order valence-corrected chi connectivity index (χ1v) is 7.98. The second-order valence-corrected chi connectivity index (χ2v) is 5.57. The van der Waals surface area contributed by atoms with E-state index in [1.165, 1.54) is 13.2 Å². The number of para-hydroxylation sites is 1. The molecule has 2 rings (SSSR count). The number of benzene rings is 2. The third-order valence-corrected chi connectivity index (χ3v) is 3.60. The summed E-state index contributed by atoms with van der Waals surface area (Å²) in [7, 11) is 1.53. The second-order valence-electron chi connectivity index (χ2n) is 4.72. The lowest BCUT2D eigenvalue weighted by molar-refractivity contribution is -0.131. The first-order chi connectivity index (χ1) is 11.6. The molecule has 5 nitrogen and oxygen atoms in total. The largest absolute Gasteiger partial charge is 0.493 e. The zero-order chi connectivity index (χ0) is 17.4. The number of rotatable bonds is 8. The van der Waals surface area contributed by atoms with Gasteiger partial charge in [0, 0.05) is 6.08 Å². The summed E-state index contributed by atoms with van der Waals surface area (Å²) in [6.45, 7) is 0.731. The molecule has 0 aliphatic carbocycles. The Morgan fingerprint density at radius 3 is 2.54 bits per heavy atom. The number of aliphatic carboxylic acids is 1. The highest BCUT2D eigenvalue weighted by Gasteiger charge is 2.11. The highest BCUT2D eigenvalue weighted by atomic mass is 79.9. The van der Waals surface area contributed by atoms with Crippen LogP contribution in [0.15, 0.2) is 53.0 Å². The molecule has 0 aliphatic rings. The Morgan fingerprint density at radius 2 is 1.88 bits per heavy atom. The fourth-order valence-electron chi connectivity index (χ4n) is 1.96. The zero-order valence-electron chi connectivity index (χ0n) is 13.1. The Balaban J connectivity index is 2.00. The van der Waals surface area contributed by atoms with Crippen molar-refractivity contribution < 1.29 is 24.1 Å². The molecular formula is C18H17BrO5. The highest BCUT2D eigenvalue weighted by molar-refractivity contribution is 9.10. The topological polar surface area (TPSA) is 65.0 Å². The first kappa shape index (κ1) is 17.9. The van der Waals surface area contributed by atoms with Crippen LogP contribution in [-0.4, -0.2) is 31.4 Å². The van der Waals surface area contributed by atoms with E-state index in [1.54, 1.807) is 12.1 Å². The van der Waals surface area contributed by atoms with Crippen molar-refractivity contribution in [1.82, 2.24) is 0 Å².